The van der Waals surface area contributed by atoms with Gasteiger partial charge in [-0.1, -0.05) is 42.2 Å². The highest BCUT2D eigenvalue weighted by atomic mass is 32.2. The number of hydrogen-bond donors (Lipinski definition) is 1. The number of nitrogens with zero attached hydrogens (tertiary/aromatic N) is 1. The molecule has 1 atom stereocenters. The summed E-state index contributed by atoms with van der Waals surface area (Å²) in [6, 6.07) is 11.2. The zero-order valence-corrected chi connectivity index (χ0v) is 21.6. The third-order valence-electron chi connectivity index (χ3n) is 5.80. The number of methoxy groups -OCH3 is 1. The number of anilines is 1. The molecule has 2 aliphatic heterocycles. The molecule has 2 saturated heterocycles. The summed E-state index contributed by atoms with van der Waals surface area (Å²) in [5, 5.41) is 2.88. The van der Waals surface area contributed by atoms with Gasteiger partial charge in [0.05, 0.1) is 24.7 Å². The van der Waals surface area contributed by atoms with Gasteiger partial charge in [-0.05, 0) is 67.7 Å². The summed E-state index contributed by atoms with van der Waals surface area (Å²) in [6.45, 7) is 4.97. The van der Waals surface area contributed by atoms with Crippen LogP contribution < -0.4 is 14.8 Å². The van der Waals surface area contributed by atoms with Gasteiger partial charge in [0, 0.05) is 12.3 Å². The van der Waals surface area contributed by atoms with Crippen LogP contribution >= 0.6 is 24.0 Å². The second-order valence-corrected chi connectivity index (χ2v) is 10.2. The van der Waals surface area contributed by atoms with Crippen LogP contribution in [0.2, 0.25) is 0 Å². The average molecular weight is 513 g/mol. The van der Waals surface area contributed by atoms with E-state index in [1.165, 1.54) is 18.9 Å². The molecule has 35 heavy (non-hydrogen) atoms. The zero-order chi connectivity index (χ0) is 24.9. The summed E-state index contributed by atoms with van der Waals surface area (Å²) >= 11 is 6.71. The molecule has 184 valence electrons. The standard InChI is InChI=1S/C26H28N2O5S2/c1-16-6-7-17(2)20(11-16)27-24(29)15-33-21-9-8-18(12-22(21)31-3)13-23-25(30)28(26(34)35-23)14-19-5-4-10-32-19/h6-9,11-13,19H,4-5,10,14-15H2,1-3H3,(H,27,29)/b23-13-/t19-/m1/s1. The molecule has 2 amide bonds. The average Bonchev–Trinajstić information content (AvgIpc) is 3.44. The number of carbonyl (C=O) groups is 2. The molecule has 0 aliphatic carbocycles. The van der Waals surface area contributed by atoms with Crippen molar-refractivity contribution in [2.24, 2.45) is 0 Å². The number of benzene rings is 2. The molecular formula is C26H28N2O5S2. The maximum absolute atomic E-state index is 12.9. The monoisotopic (exact) mass is 512 g/mol. The Morgan fingerprint density at radius 2 is 2.09 bits per heavy atom. The number of nitrogens with one attached hydrogen (secondary N) is 1. The van der Waals surface area contributed by atoms with E-state index in [1.807, 2.05) is 38.1 Å². The van der Waals surface area contributed by atoms with Crippen LogP contribution in [-0.2, 0) is 14.3 Å². The maximum atomic E-state index is 12.9. The lowest BCUT2D eigenvalue weighted by Crippen LogP contribution is -2.35. The highest BCUT2D eigenvalue weighted by molar-refractivity contribution is 8.26. The van der Waals surface area contributed by atoms with Gasteiger partial charge in [-0.15, -0.1) is 0 Å². The predicted octanol–water partition coefficient (Wildman–Crippen LogP) is 4.71. The summed E-state index contributed by atoms with van der Waals surface area (Å²) in [5.74, 6) is 0.525. The van der Waals surface area contributed by atoms with Gasteiger partial charge < -0.3 is 19.5 Å². The zero-order valence-electron chi connectivity index (χ0n) is 20.0. The van der Waals surface area contributed by atoms with Crippen LogP contribution in [0.15, 0.2) is 41.3 Å². The second-order valence-electron chi connectivity index (χ2n) is 8.49. The molecule has 2 aliphatic rings. The number of rotatable bonds is 8. The quantitative estimate of drug-likeness (QED) is 0.405. The number of hydrogen-bond acceptors (Lipinski definition) is 7. The van der Waals surface area contributed by atoms with E-state index in [0.29, 0.717) is 27.3 Å². The fourth-order valence-electron chi connectivity index (χ4n) is 3.89. The van der Waals surface area contributed by atoms with E-state index in [1.54, 1.807) is 23.1 Å². The van der Waals surface area contributed by atoms with Gasteiger partial charge in [0.25, 0.3) is 11.8 Å². The third kappa shape index (κ3) is 6.22. The van der Waals surface area contributed by atoms with Crippen molar-refractivity contribution in [2.75, 3.05) is 32.2 Å². The Balaban J connectivity index is 1.40. The van der Waals surface area contributed by atoms with Crippen molar-refractivity contribution in [3.63, 3.8) is 0 Å². The molecule has 2 aromatic carbocycles. The molecule has 0 aromatic heterocycles. The van der Waals surface area contributed by atoms with Crippen molar-refractivity contribution in [3.8, 4) is 11.5 Å². The fraction of sp³-hybridized carbons (Fsp3) is 0.346. The first-order valence-electron chi connectivity index (χ1n) is 11.4. The Labute approximate surface area is 214 Å². The molecule has 2 heterocycles. The number of thioether (sulfide) groups is 1. The minimum absolute atomic E-state index is 0.0420. The summed E-state index contributed by atoms with van der Waals surface area (Å²) < 4.78 is 17.4. The molecule has 0 bridgehead atoms. The fourth-order valence-corrected chi connectivity index (χ4v) is 5.17. The van der Waals surface area contributed by atoms with Crippen LogP contribution in [0, 0.1) is 13.8 Å². The van der Waals surface area contributed by atoms with Gasteiger partial charge >= 0.3 is 0 Å². The second kappa shape index (κ2) is 11.2. The summed E-state index contributed by atoms with van der Waals surface area (Å²) in [5.41, 5.74) is 3.57. The minimum atomic E-state index is -0.264. The van der Waals surface area contributed by atoms with E-state index in [-0.39, 0.29) is 24.5 Å². The van der Waals surface area contributed by atoms with Gasteiger partial charge in [0.1, 0.15) is 4.32 Å². The molecule has 4 rings (SSSR count). The smallest absolute Gasteiger partial charge is 0.266 e. The SMILES string of the molecule is COc1cc(/C=C2\SC(=S)N(C[C@H]3CCCO3)C2=O)ccc1OCC(=O)Nc1cc(C)ccc1C. The van der Waals surface area contributed by atoms with Crippen LogP contribution in [-0.4, -0.2) is 54.0 Å². The van der Waals surface area contributed by atoms with E-state index < -0.39 is 0 Å². The van der Waals surface area contributed by atoms with Gasteiger partial charge in [0.15, 0.2) is 18.1 Å². The highest BCUT2D eigenvalue weighted by Crippen LogP contribution is 2.35. The Bertz CT molecular complexity index is 1170. The first-order valence-corrected chi connectivity index (χ1v) is 12.6. The number of thiocarbonyl (C=S) groups is 1. The third-order valence-corrected chi connectivity index (χ3v) is 7.17. The molecule has 7 nitrogen and oxygen atoms in total. The topological polar surface area (TPSA) is 77.1 Å². The van der Waals surface area contributed by atoms with Crippen molar-refractivity contribution in [1.82, 2.24) is 4.90 Å². The molecule has 0 spiro atoms. The predicted molar refractivity (Wildman–Crippen MR) is 142 cm³/mol. The Morgan fingerprint density at radius 1 is 1.26 bits per heavy atom. The van der Waals surface area contributed by atoms with Gasteiger partial charge in [0.2, 0.25) is 0 Å². The largest absolute Gasteiger partial charge is 0.493 e. The van der Waals surface area contributed by atoms with Gasteiger partial charge in [-0.25, -0.2) is 0 Å². The first-order chi connectivity index (χ1) is 16.8. The van der Waals surface area contributed by atoms with Gasteiger partial charge in [-0.3, -0.25) is 14.5 Å². The summed E-state index contributed by atoms with van der Waals surface area (Å²) in [4.78, 5) is 27.5. The van der Waals surface area contributed by atoms with Gasteiger partial charge in [-0.2, -0.15) is 0 Å². The van der Waals surface area contributed by atoms with Crippen LogP contribution in [0.1, 0.15) is 29.5 Å². The van der Waals surface area contributed by atoms with Crippen LogP contribution in [0.25, 0.3) is 6.08 Å². The molecular weight excluding hydrogens is 484 g/mol. The molecule has 0 radical (unpaired) electrons. The van der Waals surface area contributed by atoms with Crippen molar-refractivity contribution < 1.29 is 23.8 Å². The van der Waals surface area contributed by atoms with Crippen molar-refractivity contribution in [3.05, 3.63) is 58.0 Å². The minimum Gasteiger partial charge on any atom is -0.493 e. The Morgan fingerprint density at radius 3 is 2.83 bits per heavy atom. The summed E-state index contributed by atoms with van der Waals surface area (Å²) in [6.07, 6.45) is 3.78. The van der Waals surface area contributed by atoms with E-state index in [2.05, 4.69) is 5.32 Å². The van der Waals surface area contributed by atoms with Crippen LogP contribution in [0.4, 0.5) is 5.69 Å². The maximum Gasteiger partial charge on any atom is 0.266 e. The molecule has 1 N–H and O–H groups in total. The lowest BCUT2D eigenvalue weighted by Gasteiger charge is -2.18. The number of aryl methyl sites for hydroxylation is 2. The molecule has 2 aromatic rings. The molecule has 0 unspecified atom stereocenters. The van der Waals surface area contributed by atoms with E-state index in [0.717, 1.165) is 41.8 Å². The number of amides is 2. The van der Waals surface area contributed by atoms with Crippen LogP contribution in [0.5, 0.6) is 11.5 Å². The molecule has 2 fully saturated rings. The van der Waals surface area contributed by atoms with Crippen molar-refractivity contribution in [2.45, 2.75) is 32.8 Å². The van der Waals surface area contributed by atoms with Crippen molar-refractivity contribution in [1.29, 1.82) is 0 Å². The van der Waals surface area contributed by atoms with E-state index >= 15 is 0 Å². The first kappa shape index (κ1) is 25.2. The number of ether oxygens (including phenoxy) is 3. The van der Waals surface area contributed by atoms with E-state index in [4.69, 9.17) is 26.4 Å². The number of carbonyl (C=O) groups excluding carboxylic acids is 2. The molecule has 9 heteroatoms. The molecule has 0 saturated carbocycles. The Hall–Kier alpha value is -2.88. The lowest BCUT2D eigenvalue weighted by molar-refractivity contribution is -0.123. The van der Waals surface area contributed by atoms with Crippen LogP contribution in [0.3, 0.4) is 0 Å². The Kier molecular flexibility index (Phi) is 8.10. The van der Waals surface area contributed by atoms with E-state index in [9.17, 15) is 9.59 Å². The normalized spacial score (nSPS) is 18.9. The summed E-state index contributed by atoms with van der Waals surface area (Å²) in [7, 11) is 1.53. The highest BCUT2D eigenvalue weighted by Gasteiger charge is 2.34. The lowest BCUT2D eigenvalue weighted by atomic mass is 10.1. The van der Waals surface area contributed by atoms with Crippen molar-refractivity contribution >= 4 is 51.9 Å².